The summed E-state index contributed by atoms with van der Waals surface area (Å²) in [4.78, 5) is 28.9. The lowest BCUT2D eigenvalue weighted by Crippen LogP contribution is -2.27. The minimum absolute atomic E-state index is 0.0168. The predicted octanol–water partition coefficient (Wildman–Crippen LogP) is 4.20. The maximum absolute atomic E-state index is 13.7. The highest BCUT2D eigenvalue weighted by molar-refractivity contribution is 6.30. The Balaban J connectivity index is 1.64. The molecule has 0 saturated heterocycles. The zero-order chi connectivity index (χ0) is 22.7. The highest BCUT2D eigenvalue weighted by Crippen LogP contribution is 2.25. The van der Waals surface area contributed by atoms with E-state index in [1.165, 1.54) is 30.7 Å². The molecular weight excluding hydrogens is 440 g/mol. The number of nitrogens with zero attached hydrogens (tertiary/aromatic N) is 6. The Kier molecular flexibility index (Phi) is 6.13. The molecule has 1 unspecified atom stereocenters. The molecule has 1 aromatic carbocycles. The molecule has 1 N–H and O–H groups in total. The van der Waals surface area contributed by atoms with Gasteiger partial charge in [0.25, 0.3) is 12.3 Å². The summed E-state index contributed by atoms with van der Waals surface area (Å²) in [6.45, 7) is 1.77. The van der Waals surface area contributed by atoms with E-state index in [0.29, 0.717) is 16.4 Å². The van der Waals surface area contributed by atoms with Crippen LogP contribution in [0.25, 0.3) is 17.2 Å². The molecule has 0 aliphatic carbocycles. The number of pyridine rings is 1. The topological polar surface area (TPSA) is 98.5 Å². The van der Waals surface area contributed by atoms with Gasteiger partial charge in [-0.3, -0.25) is 19.7 Å². The molecule has 4 aromatic rings. The van der Waals surface area contributed by atoms with Gasteiger partial charge >= 0.3 is 0 Å². The molecule has 1 amide bonds. The summed E-state index contributed by atoms with van der Waals surface area (Å²) in [5.41, 5.74) is 1.41. The average molecular weight is 456 g/mol. The van der Waals surface area contributed by atoms with Crippen molar-refractivity contribution < 1.29 is 13.6 Å². The lowest BCUT2D eigenvalue weighted by atomic mass is 10.1. The van der Waals surface area contributed by atoms with Gasteiger partial charge < -0.3 is 5.32 Å². The van der Waals surface area contributed by atoms with Crippen LogP contribution < -0.4 is 5.32 Å². The average Bonchev–Trinajstić information content (AvgIpc) is 3.26. The van der Waals surface area contributed by atoms with Gasteiger partial charge in [0.2, 0.25) is 5.82 Å². The molecule has 162 valence electrons. The molecule has 3 heterocycles. The molecule has 8 nitrogen and oxygen atoms in total. The van der Waals surface area contributed by atoms with Crippen molar-refractivity contribution in [3.8, 4) is 17.2 Å². The molecule has 0 spiro atoms. The normalized spacial score (nSPS) is 12.0. The zero-order valence-electron chi connectivity index (χ0n) is 16.7. The highest BCUT2D eigenvalue weighted by atomic mass is 35.5. The number of alkyl halides is 2. The van der Waals surface area contributed by atoms with Gasteiger partial charge in [-0.25, -0.2) is 18.4 Å². The van der Waals surface area contributed by atoms with Gasteiger partial charge in [-0.05, 0) is 37.3 Å². The van der Waals surface area contributed by atoms with Gasteiger partial charge in [0.1, 0.15) is 5.69 Å². The van der Waals surface area contributed by atoms with Crippen LogP contribution in [-0.2, 0) is 0 Å². The molecule has 0 aliphatic heterocycles. The lowest BCUT2D eigenvalue weighted by Gasteiger charge is -2.13. The molecule has 3 aromatic heterocycles. The smallest absolute Gasteiger partial charge is 0.297 e. The maximum Gasteiger partial charge on any atom is 0.297 e. The second kappa shape index (κ2) is 9.15. The summed E-state index contributed by atoms with van der Waals surface area (Å²) in [6.07, 6.45) is 3.11. The first kappa shape index (κ1) is 21.4. The number of nitrogens with one attached hydrogen (secondary N) is 1. The second-order valence-electron chi connectivity index (χ2n) is 6.74. The van der Waals surface area contributed by atoms with Crippen molar-refractivity contribution in [3.63, 3.8) is 0 Å². The minimum Gasteiger partial charge on any atom is -0.344 e. The standard InChI is InChI=1S/C21H16ClF2N7O/c1-12(17-11-25-7-8-26-17)28-21(32)13-3-2-4-15(9-13)31-20(18(23)24)29-19(30-31)16-6-5-14(22)10-27-16/h2-12,18H,1H3,(H,28,32). The molecule has 11 heteroatoms. The summed E-state index contributed by atoms with van der Waals surface area (Å²) in [6, 6.07) is 8.87. The van der Waals surface area contributed by atoms with Crippen LogP contribution in [0, 0.1) is 0 Å². The number of aromatic nitrogens is 6. The van der Waals surface area contributed by atoms with Gasteiger partial charge in [-0.15, -0.1) is 5.10 Å². The Bertz CT molecular complexity index is 1230. The quantitative estimate of drug-likeness (QED) is 0.468. The molecule has 1 atom stereocenters. The van der Waals surface area contributed by atoms with Crippen molar-refractivity contribution >= 4 is 17.5 Å². The molecule has 0 aliphatic rings. The van der Waals surface area contributed by atoms with E-state index in [1.54, 1.807) is 37.4 Å². The number of rotatable bonds is 6. The lowest BCUT2D eigenvalue weighted by molar-refractivity contribution is 0.0939. The Hall–Kier alpha value is -3.79. The van der Waals surface area contributed by atoms with E-state index >= 15 is 0 Å². The zero-order valence-corrected chi connectivity index (χ0v) is 17.4. The Morgan fingerprint density at radius 2 is 1.97 bits per heavy atom. The fourth-order valence-corrected chi connectivity index (χ4v) is 3.05. The van der Waals surface area contributed by atoms with Crippen molar-refractivity contribution in [2.75, 3.05) is 0 Å². The highest BCUT2D eigenvalue weighted by Gasteiger charge is 2.22. The first-order valence-corrected chi connectivity index (χ1v) is 9.84. The van der Waals surface area contributed by atoms with Gasteiger partial charge in [-0.1, -0.05) is 17.7 Å². The number of benzene rings is 1. The third kappa shape index (κ3) is 4.59. The third-order valence-electron chi connectivity index (χ3n) is 4.51. The number of hydrogen-bond donors (Lipinski definition) is 1. The first-order chi connectivity index (χ1) is 15.4. The van der Waals surface area contributed by atoms with Crippen molar-refractivity contribution in [1.29, 1.82) is 0 Å². The number of halogens is 3. The molecule has 32 heavy (non-hydrogen) atoms. The maximum atomic E-state index is 13.7. The van der Waals surface area contributed by atoms with Crippen LogP contribution in [0.2, 0.25) is 5.02 Å². The summed E-state index contributed by atoms with van der Waals surface area (Å²) in [7, 11) is 0. The monoisotopic (exact) mass is 455 g/mol. The van der Waals surface area contributed by atoms with Gasteiger partial charge in [-0.2, -0.15) is 0 Å². The van der Waals surface area contributed by atoms with Gasteiger partial charge in [0, 0.05) is 24.2 Å². The SMILES string of the molecule is CC(NC(=O)c1cccc(-n2nc(-c3ccc(Cl)cn3)nc2C(F)F)c1)c1cnccn1. The van der Waals surface area contributed by atoms with Crippen LogP contribution >= 0.6 is 11.6 Å². The predicted molar refractivity (Wildman–Crippen MR) is 112 cm³/mol. The summed E-state index contributed by atoms with van der Waals surface area (Å²) >= 11 is 5.83. The largest absolute Gasteiger partial charge is 0.344 e. The fourth-order valence-electron chi connectivity index (χ4n) is 2.94. The van der Waals surface area contributed by atoms with Crippen LogP contribution in [0.15, 0.2) is 61.2 Å². The van der Waals surface area contributed by atoms with Crippen molar-refractivity contribution in [1.82, 2.24) is 35.0 Å². The molecule has 0 radical (unpaired) electrons. The van der Waals surface area contributed by atoms with Crippen molar-refractivity contribution in [2.45, 2.75) is 19.4 Å². The third-order valence-corrected chi connectivity index (χ3v) is 4.73. The molecule has 4 rings (SSSR count). The molecule has 0 bridgehead atoms. The van der Waals surface area contributed by atoms with E-state index < -0.39 is 24.2 Å². The fraction of sp³-hybridized carbons (Fsp3) is 0.143. The van der Waals surface area contributed by atoms with Crippen molar-refractivity contribution in [2.24, 2.45) is 0 Å². The minimum atomic E-state index is -2.89. The summed E-state index contributed by atoms with van der Waals surface area (Å²) in [5.74, 6) is -0.950. The van der Waals surface area contributed by atoms with E-state index in [2.05, 4.69) is 30.4 Å². The van der Waals surface area contributed by atoms with Crippen LogP contribution in [0.3, 0.4) is 0 Å². The van der Waals surface area contributed by atoms with Crippen LogP contribution in [0.5, 0.6) is 0 Å². The Morgan fingerprint density at radius 1 is 1.12 bits per heavy atom. The Morgan fingerprint density at radius 3 is 2.66 bits per heavy atom. The van der Waals surface area contributed by atoms with E-state index in [1.807, 2.05) is 0 Å². The van der Waals surface area contributed by atoms with E-state index in [0.717, 1.165) is 4.68 Å². The van der Waals surface area contributed by atoms with Gasteiger partial charge in [0.05, 0.1) is 28.6 Å². The number of carbonyl (C=O) groups excluding carboxylic acids is 1. The first-order valence-electron chi connectivity index (χ1n) is 9.46. The van der Waals surface area contributed by atoms with Crippen LogP contribution in [0.4, 0.5) is 8.78 Å². The Labute approximate surface area is 186 Å². The number of hydrogen-bond acceptors (Lipinski definition) is 6. The van der Waals surface area contributed by atoms with E-state index in [-0.39, 0.29) is 17.1 Å². The van der Waals surface area contributed by atoms with Gasteiger partial charge in [0.15, 0.2) is 5.82 Å². The van der Waals surface area contributed by atoms with Crippen LogP contribution in [0.1, 0.15) is 41.3 Å². The van der Waals surface area contributed by atoms with E-state index in [4.69, 9.17) is 11.6 Å². The molecule has 0 fully saturated rings. The summed E-state index contributed by atoms with van der Waals surface area (Å²) < 4.78 is 28.3. The summed E-state index contributed by atoms with van der Waals surface area (Å²) in [5, 5.41) is 7.39. The van der Waals surface area contributed by atoms with Crippen molar-refractivity contribution in [3.05, 3.63) is 83.3 Å². The van der Waals surface area contributed by atoms with Crippen LogP contribution in [-0.4, -0.2) is 35.6 Å². The second-order valence-corrected chi connectivity index (χ2v) is 7.18. The van der Waals surface area contributed by atoms with E-state index in [9.17, 15) is 13.6 Å². The molecular formula is C21H16ClF2N7O. The number of carbonyl (C=O) groups is 1. The molecule has 0 saturated carbocycles. The number of amides is 1.